The van der Waals surface area contributed by atoms with E-state index in [1.807, 2.05) is 36.4 Å². The van der Waals surface area contributed by atoms with Crippen LogP contribution in [0.25, 0.3) is 10.8 Å². The number of quaternary nitrogens is 1. The molecule has 0 saturated carbocycles. The van der Waals surface area contributed by atoms with E-state index in [1.165, 1.54) is 0 Å². The Bertz CT molecular complexity index is 677. The maximum absolute atomic E-state index is 10.9. The first kappa shape index (κ1) is 19.9. The molecule has 0 amide bonds. The number of hydrogen-bond acceptors (Lipinski definition) is 3. The van der Waals surface area contributed by atoms with Crippen molar-refractivity contribution in [2.45, 2.75) is 12.8 Å². The zero-order valence-electron chi connectivity index (χ0n) is 15.1. The molecular weight excluding hydrogens is 306 g/mol. The number of benzene rings is 2. The number of carboxylic acid groups (broad SMARTS) is 1. The molecule has 0 heterocycles. The van der Waals surface area contributed by atoms with Crippen LogP contribution in [0.5, 0.6) is 5.75 Å². The third kappa shape index (κ3) is 6.18. The maximum Gasteiger partial charge on any atom is 0.310 e. The second kappa shape index (κ2) is 8.66. The van der Waals surface area contributed by atoms with Gasteiger partial charge in [-0.1, -0.05) is 24.3 Å². The third-order valence-electron chi connectivity index (χ3n) is 3.71. The topological polar surface area (TPSA) is 66.8 Å². The van der Waals surface area contributed by atoms with Gasteiger partial charge >= 0.3 is 5.97 Å². The average molecular weight is 334 g/mol. The molecule has 2 aromatic rings. The Morgan fingerprint density at radius 1 is 1.12 bits per heavy atom. The van der Waals surface area contributed by atoms with Crippen molar-refractivity contribution in [1.29, 1.82) is 0 Å². The molecule has 0 bridgehead atoms. The van der Waals surface area contributed by atoms with Gasteiger partial charge in [0.05, 0.1) is 40.8 Å². The predicted molar refractivity (Wildman–Crippen MR) is 96.5 cm³/mol. The van der Waals surface area contributed by atoms with Crippen LogP contribution in [-0.4, -0.2) is 62.1 Å². The number of ether oxygens (including phenoxy) is 1. The van der Waals surface area contributed by atoms with Gasteiger partial charge in [0.15, 0.2) is 0 Å². The van der Waals surface area contributed by atoms with Crippen molar-refractivity contribution < 1.29 is 24.2 Å². The molecule has 1 unspecified atom stereocenters. The number of hydrogen-bond donors (Lipinski definition) is 2. The van der Waals surface area contributed by atoms with Gasteiger partial charge in [-0.05, 0) is 35.4 Å². The van der Waals surface area contributed by atoms with Crippen LogP contribution in [0, 0.1) is 0 Å². The maximum atomic E-state index is 10.9. The Labute approximate surface area is 143 Å². The van der Waals surface area contributed by atoms with Gasteiger partial charge in [-0.15, -0.1) is 0 Å². The van der Waals surface area contributed by atoms with Crippen molar-refractivity contribution in [2.24, 2.45) is 0 Å². The summed E-state index contributed by atoms with van der Waals surface area (Å²) in [6, 6.07) is 11.4. The molecule has 2 aromatic carbocycles. The number of carbonyl (C=O) groups is 1. The van der Waals surface area contributed by atoms with Crippen LogP contribution < -0.4 is 4.74 Å². The highest BCUT2D eigenvalue weighted by Gasteiger charge is 2.13. The van der Waals surface area contributed by atoms with E-state index >= 15 is 0 Å². The minimum absolute atomic E-state index is 0.281. The third-order valence-corrected chi connectivity index (χ3v) is 3.71. The largest absolute Gasteiger partial charge is 0.497 e. The molecule has 0 fully saturated rings. The summed E-state index contributed by atoms with van der Waals surface area (Å²) in [5.41, 5.74) is 0.815. The first-order valence-electron chi connectivity index (χ1n) is 7.89. The second-order valence-electron chi connectivity index (χ2n) is 6.77. The second-order valence-corrected chi connectivity index (χ2v) is 6.77. The lowest BCUT2D eigenvalue weighted by atomic mass is 9.98. The lowest BCUT2D eigenvalue weighted by molar-refractivity contribution is -0.870. The molecule has 0 saturated heterocycles. The fourth-order valence-corrected chi connectivity index (χ4v) is 2.08. The van der Waals surface area contributed by atoms with Gasteiger partial charge in [0.1, 0.15) is 12.3 Å². The summed E-state index contributed by atoms with van der Waals surface area (Å²) >= 11 is 0. The van der Waals surface area contributed by atoms with Crippen LogP contribution in [0.3, 0.4) is 0 Å². The Morgan fingerprint density at radius 2 is 1.71 bits per heavy atom. The number of aliphatic hydroxyl groups excluding tert-OH is 1. The molecule has 1 atom stereocenters. The summed E-state index contributed by atoms with van der Waals surface area (Å²) in [4.78, 5) is 10.9. The minimum Gasteiger partial charge on any atom is -0.497 e. The molecular formula is C19H28NO4+. The van der Waals surface area contributed by atoms with E-state index in [1.54, 1.807) is 14.0 Å². The molecule has 24 heavy (non-hydrogen) atoms. The number of rotatable bonds is 5. The van der Waals surface area contributed by atoms with Crippen LogP contribution in [0.2, 0.25) is 0 Å². The SMILES string of the molecule is COc1ccc2cc(C(C)C(=O)O)ccc2c1.C[N+](C)(C)CCO. The van der Waals surface area contributed by atoms with Gasteiger partial charge < -0.3 is 19.4 Å². The average Bonchev–Trinajstić information content (AvgIpc) is 2.52. The van der Waals surface area contributed by atoms with Gasteiger partial charge in [0.2, 0.25) is 0 Å². The van der Waals surface area contributed by atoms with E-state index in [2.05, 4.69) is 21.1 Å². The normalized spacial score (nSPS) is 12.2. The smallest absolute Gasteiger partial charge is 0.310 e. The van der Waals surface area contributed by atoms with Crippen molar-refractivity contribution in [2.75, 3.05) is 41.4 Å². The molecule has 0 spiro atoms. The van der Waals surface area contributed by atoms with Gasteiger partial charge in [0, 0.05) is 0 Å². The highest BCUT2D eigenvalue weighted by atomic mass is 16.5. The Morgan fingerprint density at radius 3 is 2.17 bits per heavy atom. The zero-order valence-corrected chi connectivity index (χ0v) is 15.1. The van der Waals surface area contributed by atoms with Gasteiger partial charge in [-0.25, -0.2) is 0 Å². The summed E-state index contributed by atoms with van der Waals surface area (Å²) in [6.45, 7) is 2.80. The zero-order chi connectivity index (χ0) is 18.3. The minimum atomic E-state index is -0.808. The lowest BCUT2D eigenvalue weighted by Crippen LogP contribution is -2.36. The predicted octanol–water partition coefficient (Wildman–Crippen LogP) is 2.72. The van der Waals surface area contributed by atoms with E-state index in [0.717, 1.165) is 33.1 Å². The number of carboxylic acids is 1. The molecule has 2 rings (SSSR count). The van der Waals surface area contributed by atoms with E-state index in [4.69, 9.17) is 14.9 Å². The van der Waals surface area contributed by atoms with Gasteiger partial charge in [0.25, 0.3) is 0 Å². The van der Waals surface area contributed by atoms with Crippen molar-refractivity contribution >= 4 is 16.7 Å². The Kier molecular flexibility index (Phi) is 7.19. The van der Waals surface area contributed by atoms with Crippen LogP contribution >= 0.6 is 0 Å². The van der Waals surface area contributed by atoms with Crippen molar-refractivity contribution in [1.82, 2.24) is 0 Å². The van der Waals surface area contributed by atoms with E-state index < -0.39 is 11.9 Å². The first-order valence-corrected chi connectivity index (χ1v) is 7.89. The monoisotopic (exact) mass is 334 g/mol. The fraction of sp³-hybridized carbons (Fsp3) is 0.421. The summed E-state index contributed by atoms with van der Waals surface area (Å²) in [6.07, 6.45) is 0. The number of aliphatic carboxylic acids is 1. The van der Waals surface area contributed by atoms with Crippen LogP contribution in [0.4, 0.5) is 0 Å². The molecule has 0 aromatic heterocycles. The summed E-state index contributed by atoms with van der Waals surface area (Å²) < 4.78 is 5.99. The molecule has 0 aliphatic rings. The Balaban J connectivity index is 0.000000351. The number of fused-ring (bicyclic) bond motifs is 1. The first-order chi connectivity index (χ1) is 11.2. The molecule has 0 aliphatic heterocycles. The van der Waals surface area contributed by atoms with E-state index in [9.17, 15) is 4.79 Å². The standard InChI is InChI=1S/C14H14O3.C5H14NO/c1-9(14(15)16)10-3-4-12-8-13(17-2)6-5-11(12)7-10;1-6(2,3)4-5-7/h3-9H,1-2H3,(H,15,16);7H,4-5H2,1-3H3/q;+1. The van der Waals surface area contributed by atoms with Gasteiger partial charge in [-0.2, -0.15) is 0 Å². The number of methoxy groups -OCH3 is 1. The summed E-state index contributed by atoms with van der Waals surface area (Å²) in [5, 5.41) is 19.4. The molecule has 0 aliphatic carbocycles. The quantitative estimate of drug-likeness (QED) is 0.825. The number of likely N-dealkylation sites (N-methyl/N-ethyl adjacent to an activating group) is 1. The highest BCUT2D eigenvalue weighted by Crippen LogP contribution is 2.25. The van der Waals surface area contributed by atoms with Crippen molar-refractivity contribution in [3.05, 3.63) is 42.0 Å². The van der Waals surface area contributed by atoms with Crippen LogP contribution in [-0.2, 0) is 4.79 Å². The molecule has 5 heteroatoms. The molecule has 132 valence electrons. The number of aliphatic hydroxyl groups is 1. The molecule has 2 N–H and O–H groups in total. The van der Waals surface area contributed by atoms with Crippen LogP contribution in [0.15, 0.2) is 36.4 Å². The van der Waals surface area contributed by atoms with E-state index in [-0.39, 0.29) is 6.61 Å². The van der Waals surface area contributed by atoms with Gasteiger partial charge in [-0.3, -0.25) is 4.79 Å². The van der Waals surface area contributed by atoms with E-state index in [0.29, 0.717) is 0 Å². The van der Waals surface area contributed by atoms with Crippen molar-refractivity contribution in [3.8, 4) is 5.75 Å². The van der Waals surface area contributed by atoms with Crippen LogP contribution in [0.1, 0.15) is 18.4 Å². The molecule has 5 nitrogen and oxygen atoms in total. The number of nitrogens with zero attached hydrogens (tertiary/aromatic N) is 1. The summed E-state index contributed by atoms with van der Waals surface area (Å²) in [5.74, 6) is -0.490. The summed E-state index contributed by atoms with van der Waals surface area (Å²) in [7, 11) is 7.78. The fourth-order valence-electron chi connectivity index (χ4n) is 2.08. The van der Waals surface area contributed by atoms with Crippen molar-refractivity contribution in [3.63, 3.8) is 0 Å². The lowest BCUT2D eigenvalue weighted by Gasteiger charge is -2.21. The Hall–Kier alpha value is -2.11. The molecule has 0 radical (unpaired) electrons. The highest BCUT2D eigenvalue weighted by molar-refractivity contribution is 5.86.